The molecule has 0 aliphatic carbocycles. The minimum atomic E-state index is -0.195. The third-order valence-electron chi connectivity index (χ3n) is 3.76. The number of halogens is 1. The van der Waals surface area contributed by atoms with Crippen molar-refractivity contribution < 1.29 is 14.6 Å². The molecule has 0 spiro atoms. The summed E-state index contributed by atoms with van der Waals surface area (Å²) in [6.45, 7) is 5.89. The standard InChI is InChI=1S/C14H18ClNO3/c1-7-8(2)19-9(3)13(7)14(18)16-12-5-4-10(17)6-11(12)15/h4-9,13,17H,1-3H3,(H,16,18). The van der Waals surface area contributed by atoms with Crippen molar-refractivity contribution in [1.29, 1.82) is 0 Å². The predicted octanol–water partition coefficient (Wildman–Crippen LogP) is 3.04. The monoisotopic (exact) mass is 283 g/mol. The predicted molar refractivity (Wildman–Crippen MR) is 74.4 cm³/mol. The van der Waals surface area contributed by atoms with Gasteiger partial charge in [0.05, 0.1) is 28.8 Å². The number of carbonyl (C=O) groups excluding carboxylic acids is 1. The average molecular weight is 284 g/mol. The van der Waals surface area contributed by atoms with E-state index in [1.54, 1.807) is 6.07 Å². The van der Waals surface area contributed by atoms with Crippen molar-refractivity contribution in [3.63, 3.8) is 0 Å². The van der Waals surface area contributed by atoms with Crippen molar-refractivity contribution in [3.05, 3.63) is 23.2 Å². The zero-order valence-corrected chi connectivity index (χ0v) is 11.9. The van der Waals surface area contributed by atoms with Gasteiger partial charge in [0.2, 0.25) is 5.91 Å². The van der Waals surface area contributed by atoms with Gasteiger partial charge in [-0.3, -0.25) is 4.79 Å². The van der Waals surface area contributed by atoms with Crippen LogP contribution in [-0.4, -0.2) is 23.2 Å². The molecule has 4 unspecified atom stereocenters. The molecule has 104 valence electrons. The average Bonchev–Trinajstić information content (AvgIpc) is 2.57. The first-order valence-electron chi connectivity index (χ1n) is 6.35. The molecule has 19 heavy (non-hydrogen) atoms. The third-order valence-corrected chi connectivity index (χ3v) is 4.07. The fourth-order valence-electron chi connectivity index (χ4n) is 2.54. The molecule has 0 radical (unpaired) electrons. The van der Waals surface area contributed by atoms with Gasteiger partial charge in [-0.25, -0.2) is 0 Å². The zero-order chi connectivity index (χ0) is 14.2. The third kappa shape index (κ3) is 2.85. The van der Waals surface area contributed by atoms with Crippen LogP contribution < -0.4 is 5.32 Å². The minimum Gasteiger partial charge on any atom is -0.508 e. The maximum Gasteiger partial charge on any atom is 0.230 e. The topological polar surface area (TPSA) is 58.6 Å². The molecule has 1 saturated heterocycles. The van der Waals surface area contributed by atoms with E-state index in [1.807, 2.05) is 20.8 Å². The number of aromatic hydroxyl groups is 1. The molecule has 1 aromatic carbocycles. The van der Waals surface area contributed by atoms with Crippen molar-refractivity contribution in [1.82, 2.24) is 0 Å². The fourth-order valence-corrected chi connectivity index (χ4v) is 2.76. The second kappa shape index (κ2) is 5.39. The highest BCUT2D eigenvalue weighted by Crippen LogP contribution is 2.34. The Bertz CT molecular complexity index is 492. The molecule has 1 aliphatic rings. The van der Waals surface area contributed by atoms with Gasteiger partial charge in [-0.15, -0.1) is 0 Å². The summed E-state index contributed by atoms with van der Waals surface area (Å²) in [5, 5.41) is 12.4. The maximum atomic E-state index is 12.3. The van der Waals surface area contributed by atoms with E-state index in [0.29, 0.717) is 10.7 Å². The molecule has 4 atom stereocenters. The Hall–Kier alpha value is -1.26. The number of phenols is 1. The summed E-state index contributed by atoms with van der Waals surface area (Å²) in [5.74, 6) is -0.0646. The van der Waals surface area contributed by atoms with E-state index in [-0.39, 0.29) is 35.7 Å². The smallest absolute Gasteiger partial charge is 0.230 e. The van der Waals surface area contributed by atoms with Gasteiger partial charge in [0, 0.05) is 6.07 Å². The molecule has 5 heteroatoms. The van der Waals surface area contributed by atoms with Gasteiger partial charge in [0.15, 0.2) is 0 Å². The van der Waals surface area contributed by atoms with E-state index in [2.05, 4.69) is 5.32 Å². The molecule has 1 amide bonds. The van der Waals surface area contributed by atoms with Gasteiger partial charge >= 0.3 is 0 Å². The van der Waals surface area contributed by atoms with Crippen LogP contribution in [0.25, 0.3) is 0 Å². The summed E-state index contributed by atoms with van der Waals surface area (Å²) in [4.78, 5) is 12.3. The first kappa shape index (κ1) is 14.2. The van der Waals surface area contributed by atoms with Gasteiger partial charge in [-0.05, 0) is 31.9 Å². The van der Waals surface area contributed by atoms with E-state index in [4.69, 9.17) is 16.3 Å². The lowest BCUT2D eigenvalue weighted by molar-refractivity contribution is -0.121. The number of hydrogen-bond donors (Lipinski definition) is 2. The van der Waals surface area contributed by atoms with Gasteiger partial charge < -0.3 is 15.2 Å². The minimum absolute atomic E-state index is 0.0704. The van der Waals surface area contributed by atoms with E-state index in [9.17, 15) is 9.90 Å². The first-order valence-corrected chi connectivity index (χ1v) is 6.72. The van der Waals surface area contributed by atoms with Gasteiger partial charge in [-0.2, -0.15) is 0 Å². The van der Waals surface area contributed by atoms with E-state index >= 15 is 0 Å². The van der Waals surface area contributed by atoms with Crippen LogP contribution in [0.3, 0.4) is 0 Å². The number of anilines is 1. The lowest BCUT2D eigenvalue weighted by Crippen LogP contribution is -2.32. The number of phenolic OH excluding ortho intramolecular Hbond substituents is 1. The molecule has 1 heterocycles. The Labute approximate surface area is 117 Å². The highest BCUT2D eigenvalue weighted by Gasteiger charge is 2.41. The zero-order valence-electron chi connectivity index (χ0n) is 11.2. The summed E-state index contributed by atoms with van der Waals surface area (Å²) >= 11 is 5.98. The van der Waals surface area contributed by atoms with Crippen molar-refractivity contribution >= 4 is 23.2 Å². The van der Waals surface area contributed by atoms with Gasteiger partial charge in [-0.1, -0.05) is 18.5 Å². The molecule has 0 bridgehead atoms. The molecular weight excluding hydrogens is 266 g/mol. The second-order valence-electron chi connectivity index (χ2n) is 5.08. The summed E-state index contributed by atoms with van der Waals surface area (Å²) in [6, 6.07) is 4.48. The van der Waals surface area contributed by atoms with Crippen LogP contribution in [0.5, 0.6) is 5.75 Å². The van der Waals surface area contributed by atoms with Crippen LogP contribution in [0.4, 0.5) is 5.69 Å². The molecular formula is C14H18ClNO3. The lowest BCUT2D eigenvalue weighted by Gasteiger charge is -2.18. The Kier molecular flexibility index (Phi) is 4.02. The molecule has 4 nitrogen and oxygen atoms in total. The Morgan fingerprint density at radius 2 is 2.00 bits per heavy atom. The van der Waals surface area contributed by atoms with Crippen LogP contribution in [-0.2, 0) is 9.53 Å². The summed E-state index contributed by atoms with van der Waals surface area (Å²) in [5.41, 5.74) is 0.503. The quantitative estimate of drug-likeness (QED) is 0.820. The molecule has 2 rings (SSSR count). The fraction of sp³-hybridized carbons (Fsp3) is 0.500. The van der Waals surface area contributed by atoms with Crippen molar-refractivity contribution in [2.24, 2.45) is 11.8 Å². The van der Waals surface area contributed by atoms with Crippen LogP contribution in [0, 0.1) is 11.8 Å². The SMILES string of the molecule is CC1OC(C)C(C(=O)Nc2ccc(O)cc2Cl)C1C. The summed E-state index contributed by atoms with van der Waals surface area (Å²) in [6.07, 6.45) is -0.0399. The molecule has 1 aromatic rings. The molecule has 1 fully saturated rings. The Balaban J connectivity index is 2.13. The maximum absolute atomic E-state index is 12.3. The summed E-state index contributed by atoms with van der Waals surface area (Å²) < 4.78 is 5.66. The highest BCUT2D eigenvalue weighted by molar-refractivity contribution is 6.33. The molecule has 0 saturated carbocycles. The highest BCUT2D eigenvalue weighted by atomic mass is 35.5. The van der Waals surface area contributed by atoms with Crippen molar-refractivity contribution in [2.75, 3.05) is 5.32 Å². The number of nitrogens with one attached hydrogen (secondary N) is 1. The molecule has 1 aliphatic heterocycles. The Morgan fingerprint density at radius 1 is 1.32 bits per heavy atom. The second-order valence-corrected chi connectivity index (χ2v) is 5.49. The van der Waals surface area contributed by atoms with Crippen molar-refractivity contribution in [2.45, 2.75) is 33.0 Å². The Morgan fingerprint density at radius 3 is 2.53 bits per heavy atom. The number of ether oxygens (including phenoxy) is 1. The molecule has 2 N–H and O–H groups in total. The summed E-state index contributed by atoms with van der Waals surface area (Å²) in [7, 11) is 0. The van der Waals surface area contributed by atoms with Gasteiger partial charge in [0.1, 0.15) is 5.75 Å². The van der Waals surface area contributed by atoms with Crippen molar-refractivity contribution in [3.8, 4) is 5.75 Å². The van der Waals surface area contributed by atoms with E-state index < -0.39 is 0 Å². The van der Waals surface area contributed by atoms with Crippen LogP contribution in [0.2, 0.25) is 5.02 Å². The van der Waals surface area contributed by atoms with Crippen LogP contribution in [0.15, 0.2) is 18.2 Å². The number of hydrogen-bond acceptors (Lipinski definition) is 3. The van der Waals surface area contributed by atoms with Crippen LogP contribution in [0.1, 0.15) is 20.8 Å². The molecule has 0 aromatic heterocycles. The number of benzene rings is 1. The first-order chi connectivity index (χ1) is 8.90. The normalized spacial score (nSPS) is 30.3. The van der Waals surface area contributed by atoms with Gasteiger partial charge in [0.25, 0.3) is 0 Å². The number of amides is 1. The number of rotatable bonds is 2. The van der Waals surface area contributed by atoms with Crippen LogP contribution >= 0.6 is 11.6 Å². The largest absolute Gasteiger partial charge is 0.508 e. The number of carbonyl (C=O) groups is 1. The van der Waals surface area contributed by atoms with E-state index in [1.165, 1.54) is 12.1 Å². The van der Waals surface area contributed by atoms with E-state index in [0.717, 1.165) is 0 Å². The lowest BCUT2D eigenvalue weighted by atomic mass is 9.89.